The number of ether oxygens (including phenoxy) is 3. The van der Waals surface area contributed by atoms with Crippen LogP contribution >= 0.6 is 0 Å². The molecule has 0 bridgehead atoms. The van der Waals surface area contributed by atoms with E-state index in [0.717, 1.165) is 31.2 Å². The van der Waals surface area contributed by atoms with E-state index in [2.05, 4.69) is 12.1 Å². The van der Waals surface area contributed by atoms with Gasteiger partial charge in [0.2, 0.25) is 0 Å². The van der Waals surface area contributed by atoms with Gasteiger partial charge in [-0.2, -0.15) is 0 Å². The minimum atomic E-state index is -0.493. The molecule has 0 radical (unpaired) electrons. The zero-order valence-corrected chi connectivity index (χ0v) is 19.3. The van der Waals surface area contributed by atoms with Crippen LogP contribution in [0.25, 0.3) is 6.08 Å². The fourth-order valence-electron chi connectivity index (χ4n) is 3.84. The molecule has 0 saturated heterocycles. The molecular weight excluding hydrogens is 404 g/mol. The summed E-state index contributed by atoms with van der Waals surface area (Å²) >= 11 is 0. The molecule has 1 aliphatic carbocycles. The van der Waals surface area contributed by atoms with Gasteiger partial charge >= 0.3 is 11.9 Å². The molecule has 3 rings (SSSR count). The molecule has 32 heavy (non-hydrogen) atoms. The van der Waals surface area contributed by atoms with Gasteiger partial charge in [-0.3, -0.25) is 0 Å². The van der Waals surface area contributed by atoms with E-state index in [0.29, 0.717) is 17.2 Å². The third kappa shape index (κ3) is 6.98. The highest BCUT2D eigenvalue weighted by molar-refractivity contribution is 5.89. The maximum absolute atomic E-state index is 12.4. The molecular formula is C27H32O5. The van der Waals surface area contributed by atoms with Crippen molar-refractivity contribution >= 4 is 18.0 Å². The van der Waals surface area contributed by atoms with Crippen molar-refractivity contribution in [1.29, 1.82) is 0 Å². The molecule has 0 aliphatic heterocycles. The van der Waals surface area contributed by atoms with E-state index in [9.17, 15) is 9.59 Å². The minimum Gasteiger partial charge on any atom is -0.497 e. The third-order valence-corrected chi connectivity index (χ3v) is 5.50. The van der Waals surface area contributed by atoms with Crippen LogP contribution in [0.3, 0.4) is 0 Å². The molecule has 0 amide bonds. The third-order valence-electron chi connectivity index (χ3n) is 5.50. The summed E-state index contributed by atoms with van der Waals surface area (Å²) in [6.07, 6.45) is 6.86. The fraction of sp³-hybridized carbons (Fsp3) is 0.407. The lowest BCUT2D eigenvalue weighted by Crippen LogP contribution is -2.24. The zero-order valence-electron chi connectivity index (χ0n) is 19.3. The van der Waals surface area contributed by atoms with Crippen molar-refractivity contribution in [2.75, 3.05) is 7.11 Å². The molecule has 1 saturated carbocycles. The van der Waals surface area contributed by atoms with Gasteiger partial charge in [0.05, 0.1) is 12.7 Å². The smallest absolute Gasteiger partial charge is 0.338 e. The fourth-order valence-corrected chi connectivity index (χ4v) is 3.84. The second-order valence-electron chi connectivity index (χ2n) is 9.14. The number of methoxy groups -OCH3 is 1. The van der Waals surface area contributed by atoms with E-state index in [1.54, 1.807) is 37.5 Å². The second-order valence-corrected chi connectivity index (χ2v) is 9.14. The molecule has 5 nitrogen and oxygen atoms in total. The normalized spacial score (nSPS) is 18.9. The highest BCUT2D eigenvalue weighted by Gasteiger charge is 2.25. The maximum Gasteiger partial charge on any atom is 0.338 e. The molecule has 0 heterocycles. The predicted molar refractivity (Wildman–Crippen MR) is 125 cm³/mol. The van der Waals surface area contributed by atoms with Crippen LogP contribution in [0.15, 0.2) is 54.6 Å². The second kappa shape index (κ2) is 10.5. The van der Waals surface area contributed by atoms with E-state index < -0.39 is 5.60 Å². The summed E-state index contributed by atoms with van der Waals surface area (Å²) in [6, 6.07) is 15.3. The first-order chi connectivity index (χ1) is 15.2. The van der Waals surface area contributed by atoms with Crippen LogP contribution in [-0.2, 0) is 14.3 Å². The number of hydrogen-bond donors (Lipinski definition) is 0. The first-order valence-electron chi connectivity index (χ1n) is 11.1. The largest absolute Gasteiger partial charge is 0.497 e. The Labute approximate surface area is 190 Å². The molecule has 1 aliphatic rings. The van der Waals surface area contributed by atoms with E-state index in [-0.39, 0.29) is 18.0 Å². The van der Waals surface area contributed by atoms with Gasteiger partial charge in [0, 0.05) is 6.08 Å². The lowest BCUT2D eigenvalue weighted by Gasteiger charge is -2.28. The standard InChI is InChI=1S/C27H32O5/c1-27(2,3)32-25(28)18-7-19-5-8-20(9-6-19)21-10-16-24(17-11-21)31-26(29)22-12-14-23(30-4)15-13-22/h5-9,12-15,18,21,24H,10-11,16-17H2,1-4H3/b18-7+. The van der Waals surface area contributed by atoms with Crippen molar-refractivity contribution in [2.24, 2.45) is 0 Å². The number of carbonyl (C=O) groups is 2. The van der Waals surface area contributed by atoms with Crippen LogP contribution in [0.4, 0.5) is 0 Å². The van der Waals surface area contributed by atoms with Crippen molar-refractivity contribution in [3.8, 4) is 5.75 Å². The van der Waals surface area contributed by atoms with Crippen LogP contribution < -0.4 is 4.74 Å². The summed E-state index contributed by atoms with van der Waals surface area (Å²) in [6.45, 7) is 5.55. The van der Waals surface area contributed by atoms with E-state index in [1.807, 2.05) is 32.9 Å². The van der Waals surface area contributed by atoms with Crippen LogP contribution in [0.5, 0.6) is 5.75 Å². The molecule has 0 atom stereocenters. The predicted octanol–water partition coefficient (Wildman–Crippen LogP) is 5.93. The van der Waals surface area contributed by atoms with Gasteiger partial charge in [0.25, 0.3) is 0 Å². The number of carbonyl (C=O) groups excluding carboxylic acids is 2. The summed E-state index contributed by atoms with van der Waals surface area (Å²) in [5.41, 5.74) is 2.29. The lowest BCUT2D eigenvalue weighted by atomic mass is 9.82. The number of esters is 2. The van der Waals surface area contributed by atoms with Crippen molar-refractivity contribution in [3.63, 3.8) is 0 Å². The van der Waals surface area contributed by atoms with Crippen LogP contribution in [0.2, 0.25) is 0 Å². The van der Waals surface area contributed by atoms with Crippen molar-refractivity contribution in [3.05, 3.63) is 71.3 Å². The summed E-state index contributed by atoms with van der Waals surface area (Å²) in [7, 11) is 1.60. The number of rotatable bonds is 6. The van der Waals surface area contributed by atoms with Gasteiger partial charge in [-0.15, -0.1) is 0 Å². The van der Waals surface area contributed by atoms with Gasteiger partial charge in [-0.1, -0.05) is 24.3 Å². The summed E-state index contributed by atoms with van der Waals surface area (Å²) in [5, 5.41) is 0. The van der Waals surface area contributed by atoms with Crippen LogP contribution in [-0.4, -0.2) is 30.8 Å². The summed E-state index contributed by atoms with van der Waals surface area (Å²) < 4.78 is 16.1. The average Bonchev–Trinajstić information content (AvgIpc) is 2.77. The lowest BCUT2D eigenvalue weighted by molar-refractivity contribution is -0.148. The highest BCUT2D eigenvalue weighted by atomic mass is 16.6. The molecule has 2 aromatic carbocycles. The van der Waals surface area contributed by atoms with Gasteiger partial charge in [-0.25, -0.2) is 9.59 Å². The molecule has 0 spiro atoms. The quantitative estimate of drug-likeness (QED) is 0.415. The van der Waals surface area contributed by atoms with Crippen molar-refractivity contribution < 1.29 is 23.8 Å². The van der Waals surface area contributed by atoms with Gasteiger partial charge < -0.3 is 14.2 Å². The Morgan fingerprint density at radius 3 is 2.09 bits per heavy atom. The monoisotopic (exact) mass is 436 g/mol. The van der Waals surface area contributed by atoms with Gasteiger partial charge in [0.15, 0.2) is 0 Å². The Kier molecular flexibility index (Phi) is 7.73. The topological polar surface area (TPSA) is 61.8 Å². The molecule has 0 N–H and O–H groups in total. The van der Waals surface area contributed by atoms with E-state index in [4.69, 9.17) is 14.2 Å². The summed E-state index contributed by atoms with van der Waals surface area (Å²) in [5.74, 6) is 0.546. The molecule has 2 aromatic rings. The minimum absolute atomic E-state index is 0.0445. The van der Waals surface area contributed by atoms with Gasteiger partial charge in [-0.05, 0) is 93.8 Å². The molecule has 1 fully saturated rings. The molecule has 170 valence electrons. The Bertz CT molecular complexity index is 928. The first-order valence-corrected chi connectivity index (χ1v) is 11.1. The molecule has 0 unspecified atom stereocenters. The average molecular weight is 437 g/mol. The molecule has 0 aromatic heterocycles. The van der Waals surface area contributed by atoms with Crippen molar-refractivity contribution in [2.45, 2.75) is 64.1 Å². The van der Waals surface area contributed by atoms with E-state index >= 15 is 0 Å². The Morgan fingerprint density at radius 2 is 1.53 bits per heavy atom. The maximum atomic E-state index is 12.4. The highest BCUT2D eigenvalue weighted by Crippen LogP contribution is 2.34. The zero-order chi connectivity index (χ0) is 23.1. The Hall–Kier alpha value is -3.08. The number of benzene rings is 2. The SMILES string of the molecule is COc1ccc(C(=O)OC2CCC(c3ccc(/C=C/C(=O)OC(C)(C)C)cc3)CC2)cc1. The Morgan fingerprint density at radius 1 is 0.906 bits per heavy atom. The number of hydrogen-bond acceptors (Lipinski definition) is 5. The van der Waals surface area contributed by atoms with Crippen LogP contribution in [0, 0.1) is 0 Å². The van der Waals surface area contributed by atoms with Gasteiger partial charge in [0.1, 0.15) is 17.5 Å². The van der Waals surface area contributed by atoms with Crippen molar-refractivity contribution in [1.82, 2.24) is 0 Å². The van der Waals surface area contributed by atoms with E-state index in [1.165, 1.54) is 11.6 Å². The Balaban J connectivity index is 1.48. The first kappa shape index (κ1) is 23.6. The summed E-state index contributed by atoms with van der Waals surface area (Å²) in [4.78, 5) is 24.2. The molecule has 5 heteroatoms. The van der Waals surface area contributed by atoms with Crippen LogP contribution in [0.1, 0.15) is 73.9 Å².